The average molecular weight is 398 g/mol. The van der Waals surface area contributed by atoms with Crippen LogP contribution in [-0.2, 0) is 9.53 Å². The molecule has 5 nitrogen and oxygen atoms in total. The van der Waals surface area contributed by atoms with Crippen molar-refractivity contribution in [3.8, 4) is 0 Å². The predicted molar refractivity (Wildman–Crippen MR) is 108 cm³/mol. The van der Waals surface area contributed by atoms with E-state index in [0.717, 1.165) is 65.2 Å². The summed E-state index contributed by atoms with van der Waals surface area (Å²) in [4.78, 5) is 14.7. The highest BCUT2D eigenvalue weighted by molar-refractivity contribution is 5.85. The van der Waals surface area contributed by atoms with Crippen LogP contribution in [-0.4, -0.2) is 62.8 Å². The van der Waals surface area contributed by atoms with Crippen LogP contribution < -0.4 is 10.6 Å². The lowest BCUT2D eigenvalue weighted by Gasteiger charge is -2.37. The smallest absolute Gasteiger partial charge is 0.220 e. The number of nitrogens with zero attached hydrogens (tertiary/aromatic N) is 1. The van der Waals surface area contributed by atoms with E-state index in [2.05, 4.69) is 22.5 Å². The third-order valence-electron chi connectivity index (χ3n) is 5.24. The fraction of sp³-hybridized carbons (Fsp3) is 0.944. The summed E-state index contributed by atoms with van der Waals surface area (Å²) in [6.45, 7) is 11.5. The summed E-state index contributed by atoms with van der Waals surface area (Å²) in [5, 5.41) is 6.65. The highest BCUT2D eigenvalue weighted by Crippen LogP contribution is 2.18. The van der Waals surface area contributed by atoms with Crippen LogP contribution in [0.5, 0.6) is 0 Å². The van der Waals surface area contributed by atoms with Crippen molar-refractivity contribution in [2.45, 2.75) is 52.0 Å². The molecule has 2 N–H and O–H groups in total. The van der Waals surface area contributed by atoms with Crippen molar-refractivity contribution in [1.82, 2.24) is 15.5 Å². The van der Waals surface area contributed by atoms with Gasteiger partial charge in [-0.15, -0.1) is 24.8 Å². The van der Waals surface area contributed by atoms with Gasteiger partial charge in [0.05, 0.1) is 0 Å². The summed E-state index contributed by atoms with van der Waals surface area (Å²) < 4.78 is 5.41. The number of halogens is 2. The number of amides is 1. The zero-order valence-electron chi connectivity index (χ0n) is 15.8. The van der Waals surface area contributed by atoms with Gasteiger partial charge in [0.2, 0.25) is 5.91 Å². The van der Waals surface area contributed by atoms with E-state index in [4.69, 9.17) is 4.74 Å². The van der Waals surface area contributed by atoms with E-state index >= 15 is 0 Å². The van der Waals surface area contributed by atoms with E-state index in [-0.39, 0.29) is 30.7 Å². The molecule has 0 saturated carbocycles. The summed E-state index contributed by atoms with van der Waals surface area (Å²) >= 11 is 0. The Morgan fingerprint density at radius 3 is 2.76 bits per heavy atom. The number of likely N-dealkylation sites (tertiary alicyclic amines) is 1. The minimum absolute atomic E-state index is 0. The maximum atomic E-state index is 12.2. The second kappa shape index (κ2) is 14.0. The third-order valence-corrected chi connectivity index (χ3v) is 5.24. The van der Waals surface area contributed by atoms with E-state index < -0.39 is 0 Å². The Hall–Kier alpha value is -0.0700. The molecule has 0 aromatic rings. The average Bonchev–Trinajstić information content (AvgIpc) is 3.05. The van der Waals surface area contributed by atoms with Gasteiger partial charge in [-0.2, -0.15) is 0 Å². The highest BCUT2D eigenvalue weighted by Gasteiger charge is 2.27. The molecule has 150 valence electrons. The van der Waals surface area contributed by atoms with Gasteiger partial charge in [-0.3, -0.25) is 4.79 Å². The molecule has 1 amide bonds. The second-order valence-corrected chi connectivity index (χ2v) is 7.19. The van der Waals surface area contributed by atoms with Gasteiger partial charge >= 0.3 is 0 Å². The number of hydrogen-bond acceptors (Lipinski definition) is 4. The number of hydrogen-bond donors (Lipinski definition) is 2. The Labute approximate surface area is 165 Å². The lowest BCUT2D eigenvalue weighted by Crippen LogP contribution is -2.50. The first-order chi connectivity index (χ1) is 11.2. The summed E-state index contributed by atoms with van der Waals surface area (Å²) in [6, 6.07) is 0.354. The summed E-state index contributed by atoms with van der Waals surface area (Å²) in [7, 11) is 0. The molecule has 2 rings (SSSR count). The van der Waals surface area contributed by atoms with Crippen molar-refractivity contribution >= 4 is 30.7 Å². The molecule has 2 aliphatic heterocycles. The first kappa shape index (κ1) is 24.9. The van der Waals surface area contributed by atoms with E-state index in [0.29, 0.717) is 24.3 Å². The summed E-state index contributed by atoms with van der Waals surface area (Å²) in [5.41, 5.74) is 0. The number of carbonyl (C=O) groups excluding carboxylic acids is 1. The van der Waals surface area contributed by atoms with Crippen molar-refractivity contribution in [2.75, 3.05) is 45.9 Å². The maximum Gasteiger partial charge on any atom is 0.220 e. The molecule has 7 heteroatoms. The fourth-order valence-corrected chi connectivity index (χ4v) is 3.76. The standard InChI is InChI=1S/C18H35N3O2.2ClH/c1-3-23-12-4-10-21-11-8-17(15(2)14-21)20-18(22)6-5-16-7-9-19-13-16;;/h15-17,19H,3-14H2,1-2H3,(H,20,22);2*1H. The molecule has 2 fully saturated rings. The Morgan fingerprint density at radius 1 is 1.32 bits per heavy atom. The van der Waals surface area contributed by atoms with Gasteiger partial charge in [0.25, 0.3) is 0 Å². The molecule has 0 bridgehead atoms. The van der Waals surface area contributed by atoms with E-state index in [9.17, 15) is 4.79 Å². The van der Waals surface area contributed by atoms with E-state index in [1.165, 1.54) is 6.42 Å². The minimum Gasteiger partial charge on any atom is -0.382 e. The number of nitrogens with one attached hydrogen (secondary N) is 2. The van der Waals surface area contributed by atoms with E-state index in [1.54, 1.807) is 0 Å². The van der Waals surface area contributed by atoms with Gasteiger partial charge < -0.3 is 20.3 Å². The Morgan fingerprint density at radius 2 is 2.12 bits per heavy atom. The van der Waals surface area contributed by atoms with Crippen molar-refractivity contribution in [3.05, 3.63) is 0 Å². The Balaban J connectivity index is 0.00000288. The fourth-order valence-electron chi connectivity index (χ4n) is 3.76. The molecule has 0 spiro atoms. The number of ether oxygens (including phenoxy) is 1. The zero-order chi connectivity index (χ0) is 16.5. The topological polar surface area (TPSA) is 53.6 Å². The van der Waals surface area contributed by atoms with Crippen LogP contribution in [0.2, 0.25) is 0 Å². The van der Waals surface area contributed by atoms with Gasteiger partial charge in [-0.05, 0) is 57.5 Å². The van der Waals surface area contributed by atoms with E-state index in [1.807, 2.05) is 6.92 Å². The van der Waals surface area contributed by atoms with Crippen LogP contribution in [0.15, 0.2) is 0 Å². The van der Waals surface area contributed by atoms with Crippen molar-refractivity contribution < 1.29 is 9.53 Å². The lowest BCUT2D eigenvalue weighted by atomic mass is 9.93. The molecular weight excluding hydrogens is 361 g/mol. The molecule has 2 heterocycles. The quantitative estimate of drug-likeness (QED) is 0.586. The van der Waals surface area contributed by atoms with Crippen LogP contribution >= 0.6 is 24.8 Å². The van der Waals surface area contributed by atoms with Gasteiger partial charge in [0.15, 0.2) is 0 Å². The summed E-state index contributed by atoms with van der Waals surface area (Å²) in [6.07, 6.45) is 5.13. The molecule has 2 saturated heterocycles. The van der Waals surface area contributed by atoms with Crippen LogP contribution in [0.25, 0.3) is 0 Å². The highest BCUT2D eigenvalue weighted by atomic mass is 35.5. The number of piperidine rings is 1. The minimum atomic E-state index is 0. The molecule has 0 aliphatic carbocycles. The van der Waals surface area contributed by atoms with Gasteiger partial charge in [0, 0.05) is 45.3 Å². The molecule has 0 radical (unpaired) electrons. The molecule has 25 heavy (non-hydrogen) atoms. The monoisotopic (exact) mass is 397 g/mol. The molecule has 0 aromatic carbocycles. The van der Waals surface area contributed by atoms with Crippen LogP contribution in [0.4, 0.5) is 0 Å². The largest absolute Gasteiger partial charge is 0.382 e. The van der Waals surface area contributed by atoms with Crippen molar-refractivity contribution in [1.29, 1.82) is 0 Å². The first-order valence-corrected chi connectivity index (χ1v) is 9.49. The van der Waals surface area contributed by atoms with Gasteiger partial charge in [-0.25, -0.2) is 0 Å². The lowest BCUT2D eigenvalue weighted by molar-refractivity contribution is -0.122. The first-order valence-electron chi connectivity index (χ1n) is 9.49. The van der Waals surface area contributed by atoms with Gasteiger partial charge in [-0.1, -0.05) is 6.92 Å². The number of carbonyl (C=O) groups is 1. The van der Waals surface area contributed by atoms with Crippen molar-refractivity contribution in [2.24, 2.45) is 11.8 Å². The number of rotatable bonds is 9. The molecule has 3 unspecified atom stereocenters. The molecular formula is C18H37Cl2N3O2. The maximum absolute atomic E-state index is 12.2. The normalized spacial score (nSPS) is 26.6. The third kappa shape index (κ3) is 9.43. The Bertz CT molecular complexity index is 355. The van der Waals surface area contributed by atoms with Crippen molar-refractivity contribution in [3.63, 3.8) is 0 Å². The predicted octanol–water partition coefficient (Wildman–Crippen LogP) is 2.47. The molecule has 3 atom stereocenters. The molecule has 0 aromatic heterocycles. The summed E-state index contributed by atoms with van der Waals surface area (Å²) in [5.74, 6) is 1.48. The zero-order valence-corrected chi connectivity index (χ0v) is 17.4. The second-order valence-electron chi connectivity index (χ2n) is 7.19. The SMILES string of the molecule is CCOCCCN1CCC(NC(=O)CCC2CCNC2)C(C)C1.Cl.Cl. The van der Waals surface area contributed by atoms with Crippen LogP contribution in [0, 0.1) is 11.8 Å². The van der Waals surface area contributed by atoms with Crippen LogP contribution in [0.1, 0.15) is 46.0 Å². The van der Waals surface area contributed by atoms with Crippen LogP contribution in [0.3, 0.4) is 0 Å². The molecule has 2 aliphatic rings. The van der Waals surface area contributed by atoms with Gasteiger partial charge in [0.1, 0.15) is 0 Å². The Kier molecular flexibility index (Phi) is 14.0.